The summed E-state index contributed by atoms with van der Waals surface area (Å²) in [6.45, 7) is 2.96. The fraction of sp³-hybridized carbons (Fsp3) is 0.917. The molecule has 0 aromatic heterocycles. The van der Waals surface area contributed by atoms with Crippen molar-refractivity contribution in [3.63, 3.8) is 0 Å². The number of ether oxygens (including phenoxy) is 1. The topological polar surface area (TPSA) is 72.5 Å². The third kappa shape index (κ3) is 6.35. The zero-order chi connectivity index (χ0) is 13.4. The first-order valence-electron chi connectivity index (χ1n) is 6.62. The van der Waals surface area contributed by atoms with Gasteiger partial charge in [-0.05, 0) is 32.1 Å². The Hall–Kier alpha value is -0.620. The first kappa shape index (κ1) is 15.4. The van der Waals surface area contributed by atoms with Crippen LogP contribution in [-0.4, -0.2) is 45.1 Å². The number of carbonyl (C=O) groups excluding carboxylic acids is 1. The quantitative estimate of drug-likeness (QED) is 0.669. The van der Waals surface area contributed by atoms with Gasteiger partial charge in [-0.3, -0.25) is 4.79 Å². The zero-order valence-corrected chi connectivity index (χ0v) is 11.8. The number of nitrogens with one attached hydrogen (secondary N) is 1. The Bertz CT molecular complexity index is 347. The summed E-state index contributed by atoms with van der Waals surface area (Å²) in [6.07, 6.45) is 5.59. The van der Waals surface area contributed by atoms with Crippen LogP contribution in [0, 0.1) is 0 Å². The summed E-state index contributed by atoms with van der Waals surface area (Å²) in [7, 11) is -3.21. The Morgan fingerprint density at radius 1 is 1.39 bits per heavy atom. The molecule has 1 amide bonds. The van der Waals surface area contributed by atoms with Gasteiger partial charge in [0.2, 0.25) is 5.91 Å². The van der Waals surface area contributed by atoms with E-state index in [2.05, 4.69) is 5.32 Å². The molecule has 0 aromatic carbocycles. The van der Waals surface area contributed by atoms with E-state index in [1.54, 1.807) is 6.92 Å². The number of rotatable bonds is 8. The fourth-order valence-corrected chi connectivity index (χ4v) is 2.66. The molecule has 0 saturated carbocycles. The number of hydrogen-bond donors (Lipinski definition) is 1. The van der Waals surface area contributed by atoms with E-state index in [1.165, 1.54) is 0 Å². The molecule has 1 saturated heterocycles. The molecule has 106 valence electrons. The minimum absolute atomic E-state index is 0.0133. The van der Waals surface area contributed by atoms with Gasteiger partial charge < -0.3 is 10.1 Å². The summed E-state index contributed by atoms with van der Waals surface area (Å²) >= 11 is 0. The molecule has 0 unspecified atom stereocenters. The monoisotopic (exact) mass is 277 g/mol. The molecule has 1 aliphatic rings. The van der Waals surface area contributed by atoms with Crippen LogP contribution < -0.4 is 5.32 Å². The summed E-state index contributed by atoms with van der Waals surface area (Å²) in [6, 6.07) is 0. The minimum atomic E-state index is -3.21. The van der Waals surface area contributed by atoms with Crippen LogP contribution in [0.1, 0.15) is 39.0 Å². The number of hydrogen-bond acceptors (Lipinski definition) is 4. The van der Waals surface area contributed by atoms with Gasteiger partial charge in [0.15, 0.2) is 9.84 Å². The van der Waals surface area contributed by atoms with Crippen LogP contribution in [0.5, 0.6) is 0 Å². The average Bonchev–Trinajstić information content (AvgIpc) is 2.81. The molecule has 1 rings (SSSR count). The number of sulfone groups is 1. The van der Waals surface area contributed by atoms with E-state index >= 15 is 0 Å². The molecule has 6 heteroatoms. The number of carbonyl (C=O) groups is 1. The molecule has 1 aliphatic heterocycles. The van der Waals surface area contributed by atoms with Crippen molar-refractivity contribution >= 4 is 15.7 Å². The lowest BCUT2D eigenvalue weighted by Crippen LogP contribution is -2.31. The lowest BCUT2D eigenvalue weighted by molar-refractivity contribution is -0.118. The van der Waals surface area contributed by atoms with Gasteiger partial charge in [0.25, 0.3) is 0 Å². The molecule has 0 bridgehead atoms. The highest BCUT2D eigenvalue weighted by Gasteiger charge is 2.15. The van der Waals surface area contributed by atoms with E-state index < -0.39 is 21.5 Å². The van der Waals surface area contributed by atoms with Gasteiger partial charge in [-0.1, -0.05) is 6.92 Å². The normalized spacial score (nSPS) is 19.9. The summed E-state index contributed by atoms with van der Waals surface area (Å²) in [5.74, 6) is -0.775. The van der Waals surface area contributed by atoms with Gasteiger partial charge >= 0.3 is 0 Å². The maximum absolute atomic E-state index is 11.3. The van der Waals surface area contributed by atoms with Crippen molar-refractivity contribution in [2.45, 2.75) is 45.1 Å². The molecule has 0 aliphatic carbocycles. The lowest BCUT2D eigenvalue weighted by atomic mass is 10.1. The van der Waals surface area contributed by atoms with Crippen LogP contribution in [0.3, 0.4) is 0 Å². The number of amides is 1. The predicted octanol–water partition coefficient (Wildman–Crippen LogP) is 0.887. The van der Waals surface area contributed by atoms with Crippen LogP contribution >= 0.6 is 0 Å². The molecule has 0 spiro atoms. The van der Waals surface area contributed by atoms with Gasteiger partial charge in [-0.15, -0.1) is 0 Å². The Labute approximate surface area is 109 Å². The summed E-state index contributed by atoms with van der Waals surface area (Å²) in [5, 5.41) is 2.64. The van der Waals surface area contributed by atoms with Gasteiger partial charge in [0.1, 0.15) is 5.75 Å². The maximum Gasteiger partial charge on any atom is 0.235 e. The smallest absolute Gasteiger partial charge is 0.235 e. The summed E-state index contributed by atoms with van der Waals surface area (Å²) in [4.78, 5) is 11.3. The van der Waals surface area contributed by atoms with Crippen LogP contribution in [0.4, 0.5) is 0 Å². The molecule has 0 radical (unpaired) electrons. The molecule has 1 fully saturated rings. The third-order valence-electron chi connectivity index (χ3n) is 3.09. The molecular weight excluding hydrogens is 254 g/mol. The van der Waals surface area contributed by atoms with Crippen LogP contribution in [0.2, 0.25) is 0 Å². The molecule has 1 N–H and O–H groups in total. The predicted molar refractivity (Wildman–Crippen MR) is 70.2 cm³/mol. The van der Waals surface area contributed by atoms with Crippen molar-refractivity contribution in [3.8, 4) is 0 Å². The highest BCUT2D eigenvalue weighted by Crippen LogP contribution is 2.17. The second-order valence-corrected chi connectivity index (χ2v) is 7.01. The Kier molecular flexibility index (Phi) is 6.63. The van der Waals surface area contributed by atoms with E-state index in [1.807, 2.05) is 0 Å². The van der Waals surface area contributed by atoms with Gasteiger partial charge in [-0.25, -0.2) is 8.42 Å². The number of unbranched alkanes of at least 4 members (excludes halogenated alkanes) is 1. The van der Waals surface area contributed by atoms with E-state index in [-0.39, 0.29) is 5.75 Å². The Morgan fingerprint density at radius 3 is 2.78 bits per heavy atom. The highest BCUT2D eigenvalue weighted by atomic mass is 32.2. The SMILES string of the molecule is CCS(=O)(=O)CC(=O)NCCCC[C@H]1CCCO1. The second-order valence-electron chi connectivity index (χ2n) is 4.66. The standard InChI is InChI=1S/C12H23NO4S/c1-2-18(15,16)10-12(14)13-8-4-3-6-11-7-5-9-17-11/h11H,2-10H2,1H3,(H,13,14)/t11-/m0/s1. The molecule has 5 nitrogen and oxygen atoms in total. The van der Waals surface area contributed by atoms with E-state index in [4.69, 9.17) is 4.74 Å². The minimum Gasteiger partial charge on any atom is -0.378 e. The van der Waals surface area contributed by atoms with Crippen molar-refractivity contribution in [2.24, 2.45) is 0 Å². The Balaban J connectivity index is 2.01. The van der Waals surface area contributed by atoms with Crippen LogP contribution in [0.15, 0.2) is 0 Å². The van der Waals surface area contributed by atoms with Crippen molar-refractivity contribution in [1.82, 2.24) is 5.32 Å². The fourth-order valence-electron chi connectivity index (χ4n) is 1.95. The first-order chi connectivity index (χ1) is 8.53. The molecule has 1 atom stereocenters. The van der Waals surface area contributed by atoms with E-state index in [0.717, 1.165) is 38.7 Å². The van der Waals surface area contributed by atoms with Crippen LogP contribution in [-0.2, 0) is 19.4 Å². The largest absolute Gasteiger partial charge is 0.378 e. The average molecular weight is 277 g/mol. The third-order valence-corrected chi connectivity index (χ3v) is 4.67. The lowest BCUT2D eigenvalue weighted by Gasteiger charge is -2.09. The van der Waals surface area contributed by atoms with E-state index in [0.29, 0.717) is 12.6 Å². The van der Waals surface area contributed by atoms with Crippen molar-refractivity contribution in [3.05, 3.63) is 0 Å². The summed E-state index contributed by atoms with van der Waals surface area (Å²) < 4.78 is 27.9. The van der Waals surface area contributed by atoms with Crippen LogP contribution in [0.25, 0.3) is 0 Å². The second kappa shape index (κ2) is 7.74. The Morgan fingerprint density at radius 2 is 2.17 bits per heavy atom. The van der Waals surface area contributed by atoms with Gasteiger partial charge in [0.05, 0.1) is 6.10 Å². The van der Waals surface area contributed by atoms with Crippen molar-refractivity contribution in [2.75, 3.05) is 24.7 Å². The molecule has 0 aromatic rings. The van der Waals surface area contributed by atoms with Crippen molar-refractivity contribution < 1.29 is 17.9 Å². The molecule has 1 heterocycles. The first-order valence-corrected chi connectivity index (χ1v) is 8.44. The maximum atomic E-state index is 11.3. The van der Waals surface area contributed by atoms with Gasteiger partial charge in [0, 0.05) is 18.9 Å². The van der Waals surface area contributed by atoms with Gasteiger partial charge in [-0.2, -0.15) is 0 Å². The van der Waals surface area contributed by atoms with E-state index in [9.17, 15) is 13.2 Å². The zero-order valence-electron chi connectivity index (χ0n) is 11.0. The van der Waals surface area contributed by atoms with Crippen molar-refractivity contribution in [1.29, 1.82) is 0 Å². The highest BCUT2D eigenvalue weighted by molar-refractivity contribution is 7.92. The molecule has 18 heavy (non-hydrogen) atoms. The molecular formula is C12H23NO4S. The summed E-state index contributed by atoms with van der Waals surface area (Å²) in [5.41, 5.74) is 0.